The fraction of sp³-hybridized carbons (Fsp3) is 0.0556. The summed E-state index contributed by atoms with van der Waals surface area (Å²) in [5.74, 6) is -0.358. The minimum atomic E-state index is -0.365. The maximum absolute atomic E-state index is 13.0. The van der Waals surface area contributed by atoms with Gasteiger partial charge in [0.2, 0.25) is 0 Å². The van der Waals surface area contributed by atoms with E-state index < -0.39 is 0 Å². The van der Waals surface area contributed by atoms with Gasteiger partial charge in [0, 0.05) is 12.1 Å². The molecule has 4 rings (SSSR count). The Kier molecular flexibility index (Phi) is 3.61. The van der Waals surface area contributed by atoms with Crippen molar-refractivity contribution in [3.8, 4) is 11.4 Å². The minimum Gasteiger partial charge on any atom is -0.320 e. The van der Waals surface area contributed by atoms with Crippen LogP contribution < -0.4 is 5.56 Å². The standard InChI is InChI=1S/C18H12F2N4O/c19-13-5-1-11(2-6-13)9-24-10-21-17-15(24)18(25)23-16(22-17)12-3-7-14(20)8-4-12/h1-8,10H,9H2,(H,22,23,25). The molecule has 0 spiro atoms. The Bertz CT molecular complexity index is 1100. The average molecular weight is 338 g/mol. The Morgan fingerprint density at radius 3 is 2.28 bits per heavy atom. The topological polar surface area (TPSA) is 63.6 Å². The molecule has 0 saturated carbocycles. The lowest BCUT2D eigenvalue weighted by atomic mass is 10.2. The number of H-pyrrole nitrogens is 1. The highest BCUT2D eigenvalue weighted by Crippen LogP contribution is 2.17. The van der Waals surface area contributed by atoms with Crippen molar-refractivity contribution in [1.29, 1.82) is 0 Å². The highest BCUT2D eigenvalue weighted by molar-refractivity contribution is 5.72. The van der Waals surface area contributed by atoms with Gasteiger partial charge in [0.25, 0.3) is 5.56 Å². The van der Waals surface area contributed by atoms with Crippen LogP contribution in [0.25, 0.3) is 22.6 Å². The van der Waals surface area contributed by atoms with Crippen LogP contribution in [0.3, 0.4) is 0 Å². The molecule has 0 amide bonds. The zero-order valence-corrected chi connectivity index (χ0v) is 12.9. The van der Waals surface area contributed by atoms with Gasteiger partial charge in [0.1, 0.15) is 17.5 Å². The summed E-state index contributed by atoms with van der Waals surface area (Å²) in [6, 6.07) is 11.7. The van der Waals surface area contributed by atoms with Gasteiger partial charge in [-0.15, -0.1) is 0 Å². The Balaban J connectivity index is 1.75. The maximum Gasteiger partial charge on any atom is 0.277 e. The molecular formula is C18H12F2N4O. The monoisotopic (exact) mass is 338 g/mol. The minimum absolute atomic E-state index is 0.296. The first-order valence-electron chi connectivity index (χ1n) is 7.56. The summed E-state index contributed by atoms with van der Waals surface area (Å²) in [6.45, 7) is 0.372. The number of hydrogen-bond acceptors (Lipinski definition) is 3. The van der Waals surface area contributed by atoms with Gasteiger partial charge in [-0.3, -0.25) is 4.79 Å². The van der Waals surface area contributed by atoms with E-state index in [0.717, 1.165) is 5.56 Å². The lowest BCUT2D eigenvalue weighted by Gasteiger charge is -2.05. The number of aromatic nitrogens is 4. The van der Waals surface area contributed by atoms with Crippen molar-refractivity contribution in [2.75, 3.05) is 0 Å². The number of benzene rings is 2. The summed E-state index contributed by atoms with van der Waals surface area (Å²) in [5, 5.41) is 0. The second-order valence-electron chi connectivity index (χ2n) is 5.59. The summed E-state index contributed by atoms with van der Waals surface area (Å²) in [5.41, 5.74) is 1.71. The Morgan fingerprint density at radius 2 is 1.60 bits per heavy atom. The second kappa shape index (κ2) is 5.94. The molecule has 0 aliphatic carbocycles. The molecule has 0 aliphatic heterocycles. The molecule has 0 radical (unpaired) electrons. The summed E-state index contributed by atoms with van der Waals surface area (Å²) >= 11 is 0. The number of imidazole rings is 1. The van der Waals surface area contributed by atoms with Crippen LogP contribution >= 0.6 is 0 Å². The lowest BCUT2D eigenvalue weighted by molar-refractivity contribution is 0.626. The number of halogens is 2. The van der Waals surface area contributed by atoms with E-state index in [9.17, 15) is 13.6 Å². The van der Waals surface area contributed by atoms with Crippen molar-refractivity contribution in [3.05, 3.63) is 82.4 Å². The molecule has 25 heavy (non-hydrogen) atoms. The van der Waals surface area contributed by atoms with E-state index in [0.29, 0.717) is 29.1 Å². The highest BCUT2D eigenvalue weighted by Gasteiger charge is 2.12. The largest absolute Gasteiger partial charge is 0.320 e. The van der Waals surface area contributed by atoms with Gasteiger partial charge in [-0.05, 0) is 42.0 Å². The molecule has 7 heteroatoms. The van der Waals surface area contributed by atoms with E-state index in [1.165, 1.54) is 42.7 Å². The summed E-state index contributed by atoms with van der Waals surface area (Å²) < 4.78 is 27.7. The van der Waals surface area contributed by atoms with E-state index in [1.807, 2.05) is 0 Å². The van der Waals surface area contributed by atoms with Crippen LogP contribution in [-0.4, -0.2) is 19.5 Å². The van der Waals surface area contributed by atoms with Crippen molar-refractivity contribution < 1.29 is 8.78 Å². The molecule has 2 aromatic carbocycles. The predicted molar refractivity (Wildman–Crippen MR) is 89.0 cm³/mol. The van der Waals surface area contributed by atoms with Crippen LogP contribution in [0.15, 0.2) is 59.7 Å². The fourth-order valence-corrected chi connectivity index (χ4v) is 2.64. The Morgan fingerprint density at radius 1 is 0.960 bits per heavy atom. The normalized spacial score (nSPS) is 11.1. The first kappa shape index (κ1) is 15.2. The van der Waals surface area contributed by atoms with Gasteiger partial charge in [0.05, 0.1) is 6.33 Å². The Hall–Kier alpha value is -3.35. The average Bonchev–Trinajstić information content (AvgIpc) is 3.01. The number of rotatable bonds is 3. The zero-order chi connectivity index (χ0) is 17.4. The molecule has 0 unspecified atom stereocenters. The molecule has 1 N–H and O–H groups in total. The van der Waals surface area contributed by atoms with Crippen molar-refractivity contribution in [1.82, 2.24) is 19.5 Å². The van der Waals surface area contributed by atoms with Crippen LogP contribution in [0.1, 0.15) is 5.56 Å². The first-order chi connectivity index (χ1) is 12.1. The summed E-state index contributed by atoms with van der Waals surface area (Å²) in [6.07, 6.45) is 1.52. The quantitative estimate of drug-likeness (QED) is 0.624. The molecule has 0 bridgehead atoms. The molecule has 0 saturated heterocycles. The third-order valence-corrected chi connectivity index (χ3v) is 3.87. The fourth-order valence-electron chi connectivity index (χ4n) is 2.64. The first-order valence-corrected chi connectivity index (χ1v) is 7.56. The van der Waals surface area contributed by atoms with Crippen molar-refractivity contribution in [2.45, 2.75) is 6.54 Å². The third-order valence-electron chi connectivity index (χ3n) is 3.87. The number of nitrogens with one attached hydrogen (secondary N) is 1. The van der Waals surface area contributed by atoms with Gasteiger partial charge in [-0.25, -0.2) is 18.7 Å². The zero-order valence-electron chi connectivity index (χ0n) is 12.9. The van der Waals surface area contributed by atoms with Gasteiger partial charge in [0.15, 0.2) is 11.2 Å². The molecule has 0 fully saturated rings. The van der Waals surface area contributed by atoms with Crippen LogP contribution in [0, 0.1) is 11.6 Å². The molecule has 5 nitrogen and oxygen atoms in total. The van der Waals surface area contributed by atoms with Gasteiger partial charge in [-0.2, -0.15) is 0 Å². The van der Waals surface area contributed by atoms with Gasteiger partial charge < -0.3 is 9.55 Å². The molecule has 0 aliphatic rings. The van der Waals surface area contributed by atoms with Crippen LogP contribution in [0.4, 0.5) is 8.78 Å². The van der Waals surface area contributed by atoms with E-state index >= 15 is 0 Å². The summed E-state index contributed by atoms with van der Waals surface area (Å²) in [4.78, 5) is 23.7. The SMILES string of the molecule is O=c1[nH]c(-c2ccc(F)cc2)nc2ncn(Cc3ccc(F)cc3)c12. The van der Waals surface area contributed by atoms with Crippen molar-refractivity contribution in [3.63, 3.8) is 0 Å². The predicted octanol–water partition coefficient (Wildman–Crippen LogP) is 3.11. The number of nitrogens with zero attached hydrogens (tertiary/aromatic N) is 3. The number of fused-ring (bicyclic) bond motifs is 1. The van der Waals surface area contributed by atoms with Gasteiger partial charge in [-0.1, -0.05) is 12.1 Å². The van der Waals surface area contributed by atoms with E-state index in [2.05, 4.69) is 15.0 Å². The molecular weight excluding hydrogens is 326 g/mol. The molecule has 124 valence electrons. The molecule has 0 atom stereocenters. The smallest absolute Gasteiger partial charge is 0.277 e. The summed E-state index contributed by atoms with van der Waals surface area (Å²) in [7, 11) is 0. The van der Waals surface area contributed by atoms with Crippen LogP contribution in [0.5, 0.6) is 0 Å². The Labute approximate surface area is 140 Å². The van der Waals surface area contributed by atoms with Gasteiger partial charge >= 0.3 is 0 Å². The van der Waals surface area contributed by atoms with E-state index in [-0.39, 0.29) is 17.2 Å². The van der Waals surface area contributed by atoms with E-state index in [1.54, 1.807) is 16.7 Å². The highest BCUT2D eigenvalue weighted by atomic mass is 19.1. The number of aromatic amines is 1. The van der Waals surface area contributed by atoms with E-state index in [4.69, 9.17) is 0 Å². The van der Waals surface area contributed by atoms with Crippen molar-refractivity contribution >= 4 is 11.2 Å². The van der Waals surface area contributed by atoms with Crippen molar-refractivity contribution in [2.24, 2.45) is 0 Å². The second-order valence-corrected chi connectivity index (χ2v) is 5.59. The molecule has 4 aromatic rings. The molecule has 2 heterocycles. The number of hydrogen-bond donors (Lipinski definition) is 1. The third kappa shape index (κ3) is 2.91. The lowest BCUT2D eigenvalue weighted by Crippen LogP contribution is -2.13. The maximum atomic E-state index is 13.0. The molecule has 2 aromatic heterocycles. The van der Waals surface area contributed by atoms with Crippen LogP contribution in [-0.2, 0) is 6.54 Å². The van der Waals surface area contributed by atoms with Crippen LogP contribution in [0.2, 0.25) is 0 Å².